The molecule has 1 aromatic carbocycles. The third-order valence-electron chi connectivity index (χ3n) is 3.10. The molecule has 0 saturated carbocycles. The highest BCUT2D eigenvalue weighted by atomic mass is 79.9. The molecule has 2 rings (SSSR count). The minimum atomic E-state index is 0.162. The lowest BCUT2D eigenvalue weighted by Crippen LogP contribution is -2.34. The summed E-state index contributed by atoms with van der Waals surface area (Å²) in [5.74, 6) is 1.25. The number of hydrogen-bond donors (Lipinski definition) is 0. The molecule has 1 aliphatic heterocycles. The summed E-state index contributed by atoms with van der Waals surface area (Å²) in [6.45, 7) is 4.47. The van der Waals surface area contributed by atoms with Gasteiger partial charge in [0, 0.05) is 28.6 Å². The van der Waals surface area contributed by atoms with Crippen molar-refractivity contribution in [1.82, 2.24) is 4.90 Å². The zero-order chi connectivity index (χ0) is 12.4. The van der Waals surface area contributed by atoms with Gasteiger partial charge in [0.15, 0.2) is 0 Å². The summed E-state index contributed by atoms with van der Waals surface area (Å²) >= 11 is 5.40. The first-order chi connectivity index (χ1) is 8.13. The van der Waals surface area contributed by atoms with Gasteiger partial charge >= 0.3 is 0 Å². The van der Waals surface area contributed by atoms with Crippen molar-refractivity contribution in [3.63, 3.8) is 0 Å². The molecule has 1 heterocycles. The van der Waals surface area contributed by atoms with Gasteiger partial charge in [0.2, 0.25) is 5.91 Å². The molecule has 0 N–H and O–H groups in total. The number of thioether (sulfide) groups is 1. The second-order valence-corrected chi connectivity index (χ2v) is 6.19. The normalized spacial score (nSPS) is 18.6. The zero-order valence-electron chi connectivity index (χ0n) is 10.1. The molecule has 1 unspecified atom stereocenters. The highest BCUT2D eigenvalue weighted by molar-refractivity contribution is 9.10. The number of fused-ring (bicyclic) bond motifs is 1. The van der Waals surface area contributed by atoms with Crippen molar-refractivity contribution in [2.75, 3.05) is 12.3 Å². The predicted molar refractivity (Wildman–Crippen MR) is 75.3 cm³/mol. The van der Waals surface area contributed by atoms with Gasteiger partial charge < -0.3 is 4.90 Å². The summed E-state index contributed by atoms with van der Waals surface area (Å²) in [4.78, 5) is 14.9. The van der Waals surface area contributed by atoms with Crippen molar-refractivity contribution in [1.29, 1.82) is 0 Å². The summed E-state index contributed by atoms with van der Waals surface area (Å²) in [5.41, 5.74) is 1.28. The third-order valence-corrected chi connectivity index (χ3v) is 4.72. The third kappa shape index (κ3) is 2.68. The fourth-order valence-electron chi connectivity index (χ4n) is 2.33. The number of hydrogen-bond acceptors (Lipinski definition) is 2. The monoisotopic (exact) mass is 313 g/mol. The van der Waals surface area contributed by atoms with Crippen LogP contribution in [-0.4, -0.2) is 23.1 Å². The van der Waals surface area contributed by atoms with Crippen molar-refractivity contribution < 1.29 is 4.79 Å². The molecule has 92 valence electrons. The molecule has 0 saturated heterocycles. The van der Waals surface area contributed by atoms with E-state index in [4.69, 9.17) is 0 Å². The molecule has 0 bridgehead atoms. The van der Waals surface area contributed by atoms with Crippen LogP contribution in [0.2, 0.25) is 0 Å². The summed E-state index contributed by atoms with van der Waals surface area (Å²) in [5, 5.41) is 0. The maximum absolute atomic E-state index is 11.7. The molecule has 0 aliphatic carbocycles. The van der Waals surface area contributed by atoms with Gasteiger partial charge in [0.1, 0.15) is 0 Å². The second kappa shape index (κ2) is 5.44. The Bertz CT molecular complexity index is 435. The van der Waals surface area contributed by atoms with E-state index in [-0.39, 0.29) is 11.9 Å². The number of rotatable bonds is 2. The molecule has 0 fully saturated rings. The molecular weight excluding hydrogens is 298 g/mol. The molecule has 1 amide bonds. The minimum Gasteiger partial charge on any atom is -0.336 e. The van der Waals surface area contributed by atoms with E-state index in [1.54, 1.807) is 6.92 Å². The predicted octanol–water partition coefficient (Wildman–Crippen LogP) is 3.85. The lowest BCUT2D eigenvalue weighted by Gasteiger charge is -2.34. The van der Waals surface area contributed by atoms with Crippen molar-refractivity contribution in [3.05, 3.63) is 28.2 Å². The number of nitrogens with zero attached hydrogens (tertiary/aromatic N) is 1. The van der Waals surface area contributed by atoms with E-state index < -0.39 is 0 Å². The van der Waals surface area contributed by atoms with Gasteiger partial charge in [-0.15, -0.1) is 11.8 Å². The maximum atomic E-state index is 11.7. The lowest BCUT2D eigenvalue weighted by molar-refractivity contribution is -0.131. The number of amides is 1. The Labute approximate surface area is 115 Å². The van der Waals surface area contributed by atoms with Gasteiger partial charge in [-0.05, 0) is 37.1 Å². The zero-order valence-corrected chi connectivity index (χ0v) is 12.5. The number of halogens is 1. The van der Waals surface area contributed by atoms with Crippen molar-refractivity contribution in [3.8, 4) is 0 Å². The average molecular weight is 314 g/mol. The molecule has 1 atom stereocenters. The van der Waals surface area contributed by atoms with Crippen LogP contribution in [0.3, 0.4) is 0 Å². The van der Waals surface area contributed by atoms with Crippen LogP contribution in [-0.2, 0) is 4.79 Å². The Hall–Kier alpha value is -0.480. The van der Waals surface area contributed by atoms with Crippen LogP contribution < -0.4 is 0 Å². The molecule has 0 aromatic heterocycles. The molecule has 2 nitrogen and oxygen atoms in total. The van der Waals surface area contributed by atoms with Crippen LogP contribution in [0.15, 0.2) is 27.6 Å². The Morgan fingerprint density at radius 1 is 1.59 bits per heavy atom. The molecule has 1 aromatic rings. The fourth-order valence-corrected chi connectivity index (χ4v) is 3.80. The number of carbonyl (C=O) groups is 1. The molecule has 17 heavy (non-hydrogen) atoms. The summed E-state index contributed by atoms with van der Waals surface area (Å²) in [6, 6.07) is 6.60. The summed E-state index contributed by atoms with van der Waals surface area (Å²) in [6.07, 6.45) is 1.04. The number of carbonyl (C=O) groups excluding carboxylic acids is 1. The number of benzene rings is 1. The van der Waals surface area contributed by atoms with E-state index in [1.165, 1.54) is 10.5 Å². The van der Waals surface area contributed by atoms with Gasteiger partial charge in [-0.3, -0.25) is 4.79 Å². The van der Waals surface area contributed by atoms with Gasteiger partial charge in [-0.1, -0.05) is 15.9 Å². The quantitative estimate of drug-likeness (QED) is 0.826. The average Bonchev–Trinajstić information content (AvgIpc) is 2.30. The van der Waals surface area contributed by atoms with Crippen LogP contribution in [0.1, 0.15) is 31.9 Å². The van der Waals surface area contributed by atoms with Gasteiger partial charge in [0.05, 0.1) is 6.04 Å². The Balaban J connectivity index is 2.39. The van der Waals surface area contributed by atoms with E-state index in [0.717, 1.165) is 23.2 Å². The van der Waals surface area contributed by atoms with Gasteiger partial charge in [-0.2, -0.15) is 0 Å². The minimum absolute atomic E-state index is 0.162. The van der Waals surface area contributed by atoms with E-state index in [1.807, 2.05) is 23.6 Å². The SMILES string of the molecule is CCN(C(C)=O)C1CCSc2ccc(Br)cc21. The molecule has 4 heteroatoms. The molecule has 0 radical (unpaired) electrons. The summed E-state index contributed by atoms with van der Waals surface area (Å²) in [7, 11) is 0. The van der Waals surface area contributed by atoms with E-state index in [9.17, 15) is 4.79 Å². The lowest BCUT2D eigenvalue weighted by atomic mass is 10.0. The molecule has 0 spiro atoms. The van der Waals surface area contributed by atoms with Crippen LogP contribution in [0.5, 0.6) is 0 Å². The highest BCUT2D eigenvalue weighted by Crippen LogP contribution is 2.40. The van der Waals surface area contributed by atoms with Gasteiger partial charge in [0.25, 0.3) is 0 Å². The van der Waals surface area contributed by atoms with Crippen molar-refractivity contribution in [2.24, 2.45) is 0 Å². The fraction of sp³-hybridized carbons (Fsp3) is 0.462. The first kappa shape index (κ1) is 13.0. The van der Waals surface area contributed by atoms with Crippen molar-refractivity contribution in [2.45, 2.75) is 31.2 Å². The smallest absolute Gasteiger partial charge is 0.219 e. The maximum Gasteiger partial charge on any atom is 0.219 e. The Morgan fingerprint density at radius 2 is 2.35 bits per heavy atom. The highest BCUT2D eigenvalue weighted by Gasteiger charge is 2.27. The molecule has 1 aliphatic rings. The van der Waals surface area contributed by atoms with Crippen LogP contribution in [0.4, 0.5) is 0 Å². The first-order valence-corrected chi connectivity index (χ1v) is 7.60. The Morgan fingerprint density at radius 3 is 3.00 bits per heavy atom. The second-order valence-electron chi connectivity index (χ2n) is 4.14. The van der Waals surface area contributed by atoms with Crippen LogP contribution >= 0.6 is 27.7 Å². The topological polar surface area (TPSA) is 20.3 Å². The van der Waals surface area contributed by atoms with E-state index >= 15 is 0 Å². The first-order valence-electron chi connectivity index (χ1n) is 5.83. The largest absolute Gasteiger partial charge is 0.336 e. The van der Waals surface area contributed by atoms with Gasteiger partial charge in [-0.25, -0.2) is 0 Å². The van der Waals surface area contributed by atoms with Crippen molar-refractivity contribution >= 4 is 33.6 Å². The van der Waals surface area contributed by atoms with E-state index in [0.29, 0.717) is 0 Å². The molecular formula is C13H16BrNOS. The van der Waals surface area contributed by atoms with Crippen LogP contribution in [0, 0.1) is 0 Å². The standard InChI is InChI=1S/C13H16BrNOS/c1-3-15(9(2)16)12-6-7-17-13-5-4-10(14)8-11(12)13/h4-5,8,12H,3,6-7H2,1-2H3. The van der Waals surface area contributed by atoms with Crippen LogP contribution in [0.25, 0.3) is 0 Å². The Kier molecular flexibility index (Phi) is 4.15. The van der Waals surface area contributed by atoms with E-state index in [2.05, 4.69) is 34.1 Å². The summed E-state index contributed by atoms with van der Waals surface area (Å²) < 4.78 is 1.09.